The SMILES string of the molecule is C[C@]1(c2cc(Cl)c(O)c(Cl)c2)C(=O)Nc2nc(-c3cn4ncnc4c(CC4CCCCC4)n3)nc(N)c21. The van der Waals surface area contributed by atoms with Crippen molar-refractivity contribution in [2.45, 2.75) is 50.9 Å². The number of benzene rings is 1. The fraction of sp³-hybridized carbons (Fsp3) is 0.360. The number of aromatic hydroxyl groups is 1. The number of halogens is 2. The fourth-order valence-electron chi connectivity index (χ4n) is 5.45. The molecule has 1 amide bonds. The summed E-state index contributed by atoms with van der Waals surface area (Å²) >= 11 is 12.3. The number of nitrogens with two attached hydrogens (primary N) is 1. The van der Waals surface area contributed by atoms with E-state index >= 15 is 0 Å². The van der Waals surface area contributed by atoms with E-state index in [-0.39, 0.29) is 39.2 Å². The van der Waals surface area contributed by atoms with E-state index < -0.39 is 5.41 Å². The summed E-state index contributed by atoms with van der Waals surface area (Å²) in [5, 5.41) is 17.2. The van der Waals surface area contributed by atoms with Crippen LogP contribution >= 0.6 is 23.2 Å². The summed E-state index contributed by atoms with van der Waals surface area (Å²) in [6.45, 7) is 1.69. The van der Waals surface area contributed by atoms with Gasteiger partial charge in [0, 0.05) is 0 Å². The third-order valence-electron chi connectivity index (χ3n) is 7.48. The van der Waals surface area contributed by atoms with E-state index in [0.717, 1.165) is 12.1 Å². The van der Waals surface area contributed by atoms with Crippen LogP contribution in [-0.2, 0) is 16.6 Å². The van der Waals surface area contributed by atoms with Gasteiger partial charge in [0.2, 0.25) is 5.91 Å². The summed E-state index contributed by atoms with van der Waals surface area (Å²) in [7, 11) is 0. The Labute approximate surface area is 222 Å². The smallest absolute Gasteiger partial charge is 0.240 e. The van der Waals surface area contributed by atoms with Crippen molar-refractivity contribution in [2.24, 2.45) is 5.92 Å². The molecule has 4 aromatic rings. The molecule has 1 fully saturated rings. The molecule has 0 unspecified atom stereocenters. The average molecular weight is 539 g/mol. The van der Waals surface area contributed by atoms with Crippen LogP contribution < -0.4 is 11.1 Å². The third-order valence-corrected chi connectivity index (χ3v) is 8.06. The largest absolute Gasteiger partial charge is 0.505 e. The van der Waals surface area contributed by atoms with Crippen molar-refractivity contribution in [3.8, 4) is 17.3 Å². The first-order valence-corrected chi connectivity index (χ1v) is 12.9. The number of anilines is 2. The lowest BCUT2D eigenvalue weighted by Crippen LogP contribution is -2.33. The Morgan fingerprint density at radius 3 is 2.62 bits per heavy atom. The quantitative estimate of drug-likeness (QED) is 0.343. The van der Waals surface area contributed by atoms with Crippen molar-refractivity contribution in [1.29, 1.82) is 0 Å². The van der Waals surface area contributed by atoms with Crippen molar-refractivity contribution in [1.82, 2.24) is 29.5 Å². The molecule has 190 valence electrons. The van der Waals surface area contributed by atoms with Crippen LogP contribution in [0.4, 0.5) is 11.6 Å². The summed E-state index contributed by atoms with van der Waals surface area (Å²) in [6, 6.07) is 2.98. The molecule has 3 aromatic heterocycles. The first kappa shape index (κ1) is 23.9. The molecule has 0 saturated heterocycles. The lowest BCUT2D eigenvalue weighted by Gasteiger charge is -2.24. The highest BCUT2D eigenvalue weighted by Crippen LogP contribution is 2.47. The maximum absolute atomic E-state index is 13.3. The lowest BCUT2D eigenvalue weighted by molar-refractivity contribution is -0.119. The second kappa shape index (κ2) is 8.81. The number of nitrogens with zero attached hydrogens (tertiary/aromatic N) is 6. The Morgan fingerprint density at radius 1 is 1.16 bits per heavy atom. The maximum Gasteiger partial charge on any atom is 0.240 e. The third kappa shape index (κ3) is 3.86. The zero-order valence-electron chi connectivity index (χ0n) is 20.0. The molecule has 4 heterocycles. The van der Waals surface area contributed by atoms with E-state index in [1.807, 2.05) is 0 Å². The number of nitrogens with one attached hydrogen (secondary N) is 1. The molecular formula is C25H24Cl2N8O2. The molecule has 1 aliphatic heterocycles. The minimum absolute atomic E-state index is 0.0249. The molecule has 6 rings (SSSR count). The van der Waals surface area contributed by atoms with Gasteiger partial charge in [-0.05, 0) is 37.0 Å². The number of carbonyl (C=O) groups excluding carboxylic acids is 1. The molecule has 0 radical (unpaired) electrons. The van der Waals surface area contributed by atoms with Crippen molar-refractivity contribution in [2.75, 3.05) is 11.1 Å². The summed E-state index contributed by atoms with van der Waals surface area (Å²) in [5.41, 5.74) is 8.08. The van der Waals surface area contributed by atoms with Gasteiger partial charge in [0.25, 0.3) is 0 Å². The van der Waals surface area contributed by atoms with Crippen LogP contribution in [0.2, 0.25) is 10.0 Å². The van der Waals surface area contributed by atoms with E-state index in [2.05, 4.69) is 25.4 Å². The zero-order chi connectivity index (χ0) is 25.9. The van der Waals surface area contributed by atoms with Crippen LogP contribution in [0.1, 0.15) is 55.8 Å². The number of amides is 1. The number of phenolic OH excluding ortho intramolecular Hbond substituents is 1. The average Bonchev–Trinajstić information content (AvgIpc) is 3.46. The van der Waals surface area contributed by atoms with Crippen LogP contribution in [0.15, 0.2) is 24.7 Å². The first-order valence-electron chi connectivity index (χ1n) is 12.1. The topological polar surface area (TPSA) is 144 Å². The monoisotopic (exact) mass is 538 g/mol. The molecule has 1 aliphatic carbocycles. The molecule has 12 heteroatoms. The van der Waals surface area contributed by atoms with Gasteiger partial charge in [0.1, 0.15) is 29.1 Å². The van der Waals surface area contributed by atoms with Crippen LogP contribution in [0.3, 0.4) is 0 Å². The van der Waals surface area contributed by atoms with Crippen LogP contribution in [0, 0.1) is 5.92 Å². The first-order chi connectivity index (χ1) is 17.8. The van der Waals surface area contributed by atoms with Crippen molar-refractivity contribution in [3.05, 3.63) is 51.5 Å². The fourth-order valence-corrected chi connectivity index (χ4v) is 5.94. The zero-order valence-corrected chi connectivity index (χ0v) is 21.5. The Morgan fingerprint density at radius 2 is 1.89 bits per heavy atom. The summed E-state index contributed by atoms with van der Waals surface area (Å²) in [6.07, 6.45) is 10.1. The predicted octanol–water partition coefficient (Wildman–Crippen LogP) is 4.56. The highest BCUT2D eigenvalue weighted by molar-refractivity contribution is 6.37. The summed E-state index contributed by atoms with van der Waals surface area (Å²) in [5.74, 6) is 0.598. The van der Waals surface area contributed by atoms with Gasteiger partial charge in [-0.15, -0.1) is 0 Å². The Bertz CT molecular complexity index is 1540. The molecule has 10 nitrogen and oxygen atoms in total. The Hall–Kier alpha value is -3.50. The number of aromatic nitrogens is 6. The van der Waals surface area contributed by atoms with E-state index in [1.54, 1.807) is 17.6 Å². The number of phenols is 1. The molecule has 0 spiro atoms. The van der Waals surface area contributed by atoms with Crippen LogP contribution in [0.5, 0.6) is 5.75 Å². The minimum Gasteiger partial charge on any atom is -0.505 e. The van der Waals surface area contributed by atoms with E-state index in [4.69, 9.17) is 33.9 Å². The number of hydrogen-bond donors (Lipinski definition) is 3. The molecule has 4 N–H and O–H groups in total. The Kier molecular flexibility index (Phi) is 5.68. The van der Waals surface area contributed by atoms with E-state index in [9.17, 15) is 9.90 Å². The molecule has 1 saturated carbocycles. The standard InChI is InChI=1S/C25H24Cl2N8O2/c1-25(13-8-14(26)19(36)15(27)9-13)18-20(28)32-21(33-22(18)34-24(25)37)17-10-35-23(29-11-30-35)16(31-17)7-12-5-3-2-4-6-12/h8-12,36H,2-7H2,1H3,(H3,28,32,33,34,37)/t25-/m1/s1. The predicted molar refractivity (Wildman–Crippen MR) is 140 cm³/mol. The number of hydrogen-bond acceptors (Lipinski definition) is 8. The van der Waals surface area contributed by atoms with Gasteiger partial charge in [-0.1, -0.05) is 55.3 Å². The highest BCUT2D eigenvalue weighted by atomic mass is 35.5. The van der Waals surface area contributed by atoms with Gasteiger partial charge < -0.3 is 16.2 Å². The second-order valence-corrected chi connectivity index (χ2v) is 10.6. The number of fused-ring (bicyclic) bond motifs is 2. The maximum atomic E-state index is 13.3. The summed E-state index contributed by atoms with van der Waals surface area (Å²) in [4.78, 5) is 31.7. The molecular weight excluding hydrogens is 515 g/mol. The molecule has 0 bridgehead atoms. The van der Waals surface area contributed by atoms with Crippen LogP contribution in [0.25, 0.3) is 17.2 Å². The summed E-state index contributed by atoms with van der Waals surface area (Å²) < 4.78 is 1.68. The number of rotatable bonds is 4. The van der Waals surface area contributed by atoms with Crippen molar-refractivity contribution < 1.29 is 9.90 Å². The molecule has 37 heavy (non-hydrogen) atoms. The van der Waals surface area contributed by atoms with Gasteiger partial charge in [0.15, 0.2) is 17.2 Å². The van der Waals surface area contributed by atoms with Gasteiger partial charge in [-0.2, -0.15) is 5.10 Å². The van der Waals surface area contributed by atoms with Crippen molar-refractivity contribution in [3.63, 3.8) is 0 Å². The highest BCUT2D eigenvalue weighted by Gasteiger charge is 2.48. The van der Waals surface area contributed by atoms with E-state index in [1.165, 1.54) is 50.6 Å². The molecule has 1 atom stereocenters. The molecule has 1 aromatic carbocycles. The van der Waals surface area contributed by atoms with E-state index in [0.29, 0.717) is 28.4 Å². The van der Waals surface area contributed by atoms with Crippen LogP contribution in [-0.4, -0.2) is 40.6 Å². The van der Waals surface area contributed by atoms with Gasteiger partial charge in [-0.25, -0.2) is 24.5 Å². The van der Waals surface area contributed by atoms with Gasteiger partial charge >= 0.3 is 0 Å². The minimum atomic E-state index is -1.27. The number of carbonyl (C=O) groups is 1. The normalized spacial score (nSPS) is 19.8. The Balaban J connectivity index is 1.44. The van der Waals surface area contributed by atoms with Gasteiger partial charge in [-0.3, -0.25) is 4.79 Å². The van der Waals surface area contributed by atoms with Gasteiger partial charge in [0.05, 0.1) is 27.5 Å². The van der Waals surface area contributed by atoms with Crippen molar-refractivity contribution >= 4 is 46.4 Å². The second-order valence-electron chi connectivity index (χ2n) is 9.83. The number of nitrogen functional groups attached to an aromatic ring is 1. The molecule has 2 aliphatic rings. The lowest BCUT2D eigenvalue weighted by atomic mass is 9.77.